The summed E-state index contributed by atoms with van der Waals surface area (Å²) in [7, 11) is 3.14. The number of aromatic amines is 1. The number of nitrogens with one attached hydrogen (secondary N) is 2. The first-order chi connectivity index (χ1) is 18.2. The molecule has 2 aromatic carbocycles. The summed E-state index contributed by atoms with van der Waals surface area (Å²) in [5, 5.41) is 16.9. The molecule has 10 nitrogen and oxygen atoms in total. The highest BCUT2D eigenvalue weighted by Crippen LogP contribution is 2.45. The van der Waals surface area contributed by atoms with E-state index < -0.39 is 12.2 Å². The van der Waals surface area contributed by atoms with Crippen molar-refractivity contribution in [2.75, 3.05) is 26.1 Å². The zero-order chi connectivity index (χ0) is 25.6. The van der Waals surface area contributed by atoms with Gasteiger partial charge in [0.25, 0.3) is 11.9 Å². The summed E-state index contributed by atoms with van der Waals surface area (Å²) < 4.78 is 24.7. The summed E-state index contributed by atoms with van der Waals surface area (Å²) in [6.45, 7) is 0.586. The first-order valence-electron chi connectivity index (χ1n) is 12.2. The van der Waals surface area contributed by atoms with Gasteiger partial charge in [0, 0.05) is 21.7 Å². The van der Waals surface area contributed by atoms with Crippen molar-refractivity contribution in [1.82, 2.24) is 20.6 Å². The molecule has 0 saturated heterocycles. The SMILES string of the molecule is COc1cc2sc(C(=O)Nc3nn[nH]n3)c(OC(OCC3CCCCC3)c3ccccc3)c2cc1OC. The van der Waals surface area contributed by atoms with Gasteiger partial charge in [0.1, 0.15) is 4.88 Å². The first kappa shape index (κ1) is 25.0. The third-order valence-electron chi connectivity index (χ3n) is 6.43. The fourth-order valence-electron chi connectivity index (χ4n) is 4.53. The predicted octanol–water partition coefficient (Wildman–Crippen LogP) is 5.36. The van der Waals surface area contributed by atoms with Crippen LogP contribution in [0.25, 0.3) is 10.1 Å². The minimum absolute atomic E-state index is 0.0664. The zero-order valence-electron chi connectivity index (χ0n) is 20.7. The number of tetrazole rings is 1. The van der Waals surface area contributed by atoms with Crippen molar-refractivity contribution in [1.29, 1.82) is 0 Å². The largest absolute Gasteiger partial charge is 0.493 e. The molecule has 1 aliphatic rings. The second-order valence-corrected chi connectivity index (χ2v) is 9.90. The molecule has 1 atom stereocenters. The third-order valence-corrected chi connectivity index (χ3v) is 7.56. The highest BCUT2D eigenvalue weighted by atomic mass is 32.1. The van der Waals surface area contributed by atoms with Crippen LogP contribution in [0.3, 0.4) is 0 Å². The van der Waals surface area contributed by atoms with Crippen molar-refractivity contribution in [2.45, 2.75) is 38.4 Å². The molecule has 2 aromatic heterocycles. The molecule has 1 amide bonds. The average Bonchev–Trinajstić information content (AvgIpc) is 3.58. The van der Waals surface area contributed by atoms with Crippen molar-refractivity contribution in [3.63, 3.8) is 0 Å². The molecule has 1 unspecified atom stereocenters. The maximum Gasteiger partial charge on any atom is 0.272 e. The van der Waals surface area contributed by atoms with Gasteiger partial charge < -0.3 is 18.9 Å². The number of carbonyl (C=O) groups excluding carboxylic acids is 1. The number of hydrogen-bond acceptors (Lipinski definition) is 9. The lowest BCUT2D eigenvalue weighted by atomic mass is 9.90. The molecule has 2 heterocycles. The molecule has 11 heteroatoms. The highest BCUT2D eigenvalue weighted by Gasteiger charge is 2.27. The topological polar surface area (TPSA) is 120 Å². The lowest BCUT2D eigenvalue weighted by Crippen LogP contribution is -2.20. The summed E-state index contributed by atoms with van der Waals surface area (Å²) in [5.41, 5.74) is 0.864. The van der Waals surface area contributed by atoms with Crippen LogP contribution in [0.5, 0.6) is 17.2 Å². The molecule has 0 spiro atoms. The molecular formula is C26H29N5O5S. The maximum atomic E-state index is 13.3. The van der Waals surface area contributed by atoms with Gasteiger partial charge in [0.15, 0.2) is 17.2 Å². The molecule has 4 aromatic rings. The van der Waals surface area contributed by atoms with E-state index in [0.29, 0.717) is 40.0 Å². The number of benzene rings is 2. The minimum Gasteiger partial charge on any atom is -0.493 e. The number of carbonyl (C=O) groups is 1. The number of amides is 1. The van der Waals surface area contributed by atoms with Crippen molar-refractivity contribution >= 4 is 33.3 Å². The lowest BCUT2D eigenvalue weighted by Gasteiger charge is -2.26. The molecule has 0 aliphatic heterocycles. The fraction of sp³-hybridized carbons (Fsp3) is 0.385. The molecule has 194 valence electrons. The number of methoxy groups -OCH3 is 2. The summed E-state index contributed by atoms with van der Waals surface area (Å²) >= 11 is 1.27. The summed E-state index contributed by atoms with van der Waals surface area (Å²) in [4.78, 5) is 13.7. The van der Waals surface area contributed by atoms with Crippen LogP contribution in [-0.4, -0.2) is 47.4 Å². The Morgan fingerprint density at radius 1 is 1.11 bits per heavy atom. The second-order valence-electron chi connectivity index (χ2n) is 8.85. The molecule has 5 rings (SSSR count). The Balaban J connectivity index is 1.53. The number of rotatable bonds is 10. The third kappa shape index (κ3) is 5.67. The molecule has 0 radical (unpaired) electrons. The van der Waals surface area contributed by atoms with Crippen LogP contribution < -0.4 is 19.5 Å². The number of hydrogen-bond donors (Lipinski definition) is 2. The number of fused-ring (bicyclic) bond motifs is 1. The fourth-order valence-corrected chi connectivity index (χ4v) is 5.58. The van der Waals surface area contributed by atoms with Crippen molar-refractivity contribution in [3.8, 4) is 17.2 Å². The quantitative estimate of drug-likeness (QED) is 0.267. The molecule has 1 saturated carbocycles. The van der Waals surface area contributed by atoms with Crippen LogP contribution in [0.4, 0.5) is 5.95 Å². The van der Waals surface area contributed by atoms with Gasteiger partial charge in [-0.1, -0.05) is 54.7 Å². The number of anilines is 1. The normalized spacial score (nSPS) is 14.9. The van der Waals surface area contributed by atoms with Gasteiger partial charge in [-0.15, -0.1) is 16.4 Å². The second kappa shape index (κ2) is 11.6. The van der Waals surface area contributed by atoms with Gasteiger partial charge in [-0.25, -0.2) is 0 Å². The Bertz CT molecular complexity index is 1320. The summed E-state index contributed by atoms with van der Waals surface area (Å²) in [5.74, 6) is 1.61. The lowest BCUT2D eigenvalue weighted by molar-refractivity contribution is -0.0973. The van der Waals surface area contributed by atoms with Gasteiger partial charge in [-0.05, 0) is 30.0 Å². The van der Waals surface area contributed by atoms with Gasteiger partial charge >= 0.3 is 0 Å². The van der Waals surface area contributed by atoms with E-state index in [2.05, 4.69) is 25.9 Å². The molecule has 37 heavy (non-hydrogen) atoms. The molecule has 1 fully saturated rings. The Morgan fingerprint density at radius 3 is 2.57 bits per heavy atom. The van der Waals surface area contributed by atoms with E-state index in [1.54, 1.807) is 14.2 Å². The van der Waals surface area contributed by atoms with E-state index >= 15 is 0 Å². The van der Waals surface area contributed by atoms with Crippen molar-refractivity contribution in [2.24, 2.45) is 5.92 Å². The van der Waals surface area contributed by atoms with E-state index in [9.17, 15) is 4.79 Å². The Hall–Kier alpha value is -3.70. The molecule has 2 N–H and O–H groups in total. The standard InChI is InChI=1S/C26H29N5O5S/c1-33-19-13-18-21(14-20(19)34-2)37-23(24(32)27-26-28-30-31-29-26)22(18)36-25(17-11-7-4-8-12-17)35-15-16-9-5-3-6-10-16/h4,7-8,11-14,16,25H,3,5-6,9-10,15H2,1-2H3,(H2,27,28,29,30,31,32). The van der Waals surface area contributed by atoms with Crippen LogP contribution in [0.15, 0.2) is 42.5 Å². The van der Waals surface area contributed by atoms with Crippen LogP contribution in [0.1, 0.15) is 53.6 Å². The van der Waals surface area contributed by atoms with Gasteiger partial charge in [0.2, 0.25) is 6.29 Å². The van der Waals surface area contributed by atoms with Crippen LogP contribution in [0.2, 0.25) is 0 Å². The van der Waals surface area contributed by atoms with E-state index in [-0.39, 0.29) is 5.95 Å². The van der Waals surface area contributed by atoms with E-state index in [1.807, 2.05) is 42.5 Å². The van der Waals surface area contributed by atoms with Gasteiger partial charge in [0.05, 0.1) is 20.8 Å². The van der Waals surface area contributed by atoms with Gasteiger partial charge in [-0.3, -0.25) is 10.1 Å². The molecule has 1 aliphatic carbocycles. The van der Waals surface area contributed by atoms with E-state index in [1.165, 1.54) is 30.6 Å². The summed E-state index contributed by atoms with van der Waals surface area (Å²) in [6.07, 6.45) is 5.33. The van der Waals surface area contributed by atoms with Crippen molar-refractivity contribution < 1.29 is 23.7 Å². The van der Waals surface area contributed by atoms with Crippen LogP contribution in [0, 0.1) is 5.92 Å². The molecular weight excluding hydrogens is 494 g/mol. The van der Waals surface area contributed by atoms with Crippen molar-refractivity contribution in [3.05, 3.63) is 52.9 Å². The van der Waals surface area contributed by atoms with Gasteiger partial charge in [-0.2, -0.15) is 5.21 Å². The molecule has 0 bridgehead atoms. The number of thiophene rings is 1. The Kier molecular flexibility index (Phi) is 7.81. The average molecular weight is 524 g/mol. The number of nitrogens with zero attached hydrogens (tertiary/aromatic N) is 3. The maximum absolute atomic E-state index is 13.3. The monoisotopic (exact) mass is 523 g/mol. The van der Waals surface area contributed by atoms with E-state index in [4.69, 9.17) is 18.9 Å². The smallest absolute Gasteiger partial charge is 0.272 e. The summed E-state index contributed by atoms with van der Waals surface area (Å²) in [6, 6.07) is 13.4. The highest BCUT2D eigenvalue weighted by molar-refractivity contribution is 7.21. The minimum atomic E-state index is -0.703. The zero-order valence-corrected chi connectivity index (χ0v) is 21.5. The number of H-pyrrole nitrogens is 1. The number of ether oxygens (including phenoxy) is 4. The van der Waals surface area contributed by atoms with Crippen LogP contribution >= 0.6 is 11.3 Å². The van der Waals surface area contributed by atoms with E-state index in [0.717, 1.165) is 23.1 Å². The Labute approximate surface area is 218 Å². The number of aromatic nitrogens is 4. The van der Waals surface area contributed by atoms with Crippen LogP contribution in [-0.2, 0) is 4.74 Å². The first-order valence-corrected chi connectivity index (χ1v) is 13.0. The Morgan fingerprint density at radius 2 is 1.86 bits per heavy atom. The predicted molar refractivity (Wildman–Crippen MR) is 139 cm³/mol.